The Bertz CT molecular complexity index is 990. The van der Waals surface area contributed by atoms with Crippen molar-refractivity contribution in [3.05, 3.63) is 54.1 Å². The highest BCUT2D eigenvalue weighted by Gasteiger charge is 2.32. The molecule has 0 aromatic heterocycles. The highest BCUT2D eigenvalue weighted by molar-refractivity contribution is 7.98. The number of sulfonamides is 1. The van der Waals surface area contributed by atoms with Gasteiger partial charge in [-0.15, -0.1) is 11.8 Å². The molecule has 1 N–H and O–H groups in total. The first-order chi connectivity index (χ1) is 13.5. The van der Waals surface area contributed by atoms with Gasteiger partial charge >= 0.3 is 0 Å². The maximum atomic E-state index is 12.8. The summed E-state index contributed by atoms with van der Waals surface area (Å²) in [6.07, 6.45) is 2.83. The molecule has 28 heavy (non-hydrogen) atoms. The Labute approximate surface area is 169 Å². The number of nitriles is 1. The van der Waals surface area contributed by atoms with Gasteiger partial charge in [0.25, 0.3) is 0 Å². The SMILES string of the molecule is CSc1ccc(S(=O)(=O)N2CCC(C(=O)Nc3ccccc3C#N)CC2)cc1. The van der Waals surface area contributed by atoms with Gasteiger partial charge in [-0.2, -0.15) is 9.57 Å². The molecule has 8 heteroatoms. The third kappa shape index (κ3) is 4.38. The van der Waals surface area contributed by atoms with Gasteiger partial charge in [-0.3, -0.25) is 4.79 Å². The first kappa shape index (κ1) is 20.4. The number of piperidine rings is 1. The number of rotatable bonds is 5. The molecule has 1 amide bonds. The summed E-state index contributed by atoms with van der Waals surface area (Å²) in [5.41, 5.74) is 0.892. The van der Waals surface area contributed by atoms with Crippen LogP contribution in [-0.4, -0.2) is 38.0 Å². The van der Waals surface area contributed by atoms with Gasteiger partial charge in [-0.05, 0) is 55.5 Å². The van der Waals surface area contributed by atoms with Crippen LogP contribution in [0.25, 0.3) is 0 Å². The first-order valence-corrected chi connectivity index (χ1v) is 11.6. The lowest BCUT2D eigenvalue weighted by molar-refractivity contribution is -0.120. The van der Waals surface area contributed by atoms with Gasteiger partial charge < -0.3 is 5.32 Å². The number of amides is 1. The van der Waals surface area contributed by atoms with Crippen LogP contribution in [0.3, 0.4) is 0 Å². The Hall–Kier alpha value is -2.34. The number of thioether (sulfide) groups is 1. The van der Waals surface area contributed by atoms with E-state index >= 15 is 0 Å². The molecule has 0 spiro atoms. The molecular weight excluding hydrogens is 394 g/mol. The van der Waals surface area contributed by atoms with Crippen molar-refractivity contribution in [2.24, 2.45) is 5.92 Å². The van der Waals surface area contributed by atoms with E-state index in [0.29, 0.717) is 37.2 Å². The monoisotopic (exact) mass is 415 g/mol. The third-order valence-electron chi connectivity index (χ3n) is 4.83. The Morgan fingerprint density at radius 2 is 1.79 bits per heavy atom. The summed E-state index contributed by atoms with van der Waals surface area (Å²) < 4.78 is 27.1. The molecule has 1 saturated heterocycles. The molecule has 0 atom stereocenters. The van der Waals surface area contributed by atoms with Crippen molar-refractivity contribution in [1.29, 1.82) is 5.26 Å². The van der Waals surface area contributed by atoms with Gasteiger partial charge in [-0.1, -0.05) is 12.1 Å². The molecule has 1 fully saturated rings. The summed E-state index contributed by atoms with van der Waals surface area (Å²) in [5, 5.41) is 11.9. The number of nitrogens with zero attached hydrogens (tertiary/aromatic N) is 2. The van der Waals surface area contributed by atoms with Crippen molar-refractivity contribution < 1.29 is 13.2 Å². The molecule has 2 aromatic carbocycles. The van der Waals surface area contributed by atoms with E-state index in [0.717, 1.165) is 4.90 Å². The molecule has 0 unspecified atom stereocenters. The molecule has 0 radical (unpaired) electrons. The van der Waals surface area contributed by atoms with Crippen molar-refractivity contribution in [3.63, 3.8) is 0 Å². The van der Waals surface area contributed by atoms with Crippen LogP contribution in [-0.2, 0) is 14.8 Å². The number of hydrogen-bond acceptors (Lipinski definition) is 5. The number of anilines is 1. The number of carbonyl (C=O) groups excluding carboxylic acids is 1. The molecule has 0 aliphatic carbocycles. The highest BCUT2D eigenvalue weighted by atomic mass is 32.2. The molecule has 1 aliphatic rings. The zero-order valence-electron chi connectivity index (χ0n) is 15.5. The molecule has 6 nitrogen and oxygen atoms in total. The van der Waals surface area contributed by atoms with Crippen LogP contribution in [0.2, 0.25) is 0 Å². The zero-order valence-corrected chi connectivity index (χ0v) is 17.1. The molecule has 3 rings (SSSR count). The van der Waals surface area contributed by atoms with Gasteiger partial charge in [0.15, 0.2) is 0 Å². The van der Waals surface area contributed by atoms with Crippen LogP contribution < -0.4 is 5.32 Å². The maximum Gasteiger partial charge on any atom is 0.243 e. The summed E-state index contributed by atoms with van der Waals surface area (Å²) in [4.78, 5) is 13.8. The minimum atomic E-state index is -3.56. The second-order valence-electron chi connectivity index (χ2n) is 6.50. The van der Waals surface area contributed by atoms with Gasteiger partial charge in [0.1, 0.15) is 6.07 Å². The lowest BCUT2D eigenvalue weighted by Gasteiger charge is -2.30. The number of para-hydroxylation sites is 1. The van der Waals surface area contributed by atoms with Crippen LogP contribution in [0.5, 0.6) is 0 Å². The summed E-state index contributed by atoms with van der Waals surface area (Å²) >= 11 is 1.56. The van der Waals surface area contributed by atoms with Crippen molar-refractivity contribution in [2.45, 2.75) is 22.6 Å². The van der Waals surface area contributed by atoms with Gasteiger partial charge in [0.05, 0.1) is 16.1 Å². The van der Waals surface area contributed by atoms with Crippen LogP contribution in [0.1, 0.15) is 18.4 Å². The molecule has 0 saturated carbocycles. The quantitative estimate of drug-likeness (QED) is 0.757. The summed E-state index contributed by atoms with van der Waals surface area (Å²) in [6, 6.07) is 15.7. The summed E-state index contributed by atoms with van der Waals surface area (Å²) in [7, 11) is -3.56. The van der Waals surface area contributed by atoms with Gasteiger partial charge in [-0.25, -0.2) is 8.42 Å². The lowest BCUT2D eigenvalue weighted by atomic mass is 9.97. The van der Waals surface area contributed by atoms with E-state index in [2.05, 4.69) is 11.4 Å². The van der Waals surface area contributed by atoms with Gasteiger partial charge in [0, 0.05) is 23.9 Å². The number of benzene rings is 2. The molecular formula is C20H21N3O3S2. The average Bonchev–Trinajstić information content (AvgIpc) is 2.74. The lowest BCUT2D eigenvalue weighted by Crippen LogP contribution is -2.41. The fourth-order valence-electron chi connectivity index (χ4n) is 3.18. The largest absolute Gasteiger partial charge is 0.325 e. The van der Waals surface area contributed by atoms with E-state index < -0.39 is 10.0 Å². The Balaban J connectivity index is 1.63. The predicted molar refractivity (Wildman–Crippen MR) is 109 cm³/mol. The fourth-order valence-corrected chi connectivity index (χ4v) is 5.06. The highest BCUT2D eigenvalue weighted by Crippen LogP contribution is 2.26. The van der Waals surface area contributed by atoms with Crippen molar-refractivity contribution in [2.75, 3.05) is 24.7 Å². The normalized spacial score (nSPS) is 15.7. The van der Waals surface area contributed by atoms with E-state index in [1.54, 1.807) is 60.3 Å². The van der Waals surface area contributed by atoms with Gasteiger partial charge in [0.2, 0.25) is 15.9 Å². The van der Waals surface area contributed by atoms with Crippen molar-refractivity contribution in [1.82, 2.24) is 4.31 Å². The third-order valence-corrected chi connectivity index (χ3v) is 7.48. The van der Waals surface area contributed by atoms with E-state index in [-0.39, 0.29) is 16.7 Å². The zero-order chi connectivity index (χ0) is 20.1. The maximum absolute atomic E-state index is 12.8. The Kier molecular flexibility index (Phi) is 6.39. The second-order valence-corrected chi connectivity index (χ2v) is 9.32. The van der Waals surface area contributed by atoms with Crippen LogP contribution in [0.4, 0.5) is 5.69 Å². The second kappa shape index (κ2) is 8.78. The van der Waals surface area contributed by atoms with Crippen LogP contribution >= 0.6 is 11.8 Å². The summed E-state index contributed by atoms with van der Waals surface area (Å²) in [5.74, 6) is -0.457. The van der Waals surface area contributed by atoms with E-state index in [9.17, 15) is 13.2 Å². The minimum absolute atomic E-state index is 0.177. The summed E-state index contributed by atoms with van der Waals surface area (Å²) in [6.45, 7) is 0.592. The average molecular weight is 416 g/mol. The fraction of sp³-hybridized carbons (Fsp3) is 0.300. The van der Waals surface area contributed by atoms with E-state index in [1.165, 1.54) is 4.31 Å². The molecule has 1 heterocycles. The van der Waals surface area contributed by atoms with E-state index in [4.69, 9.17) is 5.26 Å². The smallest absolute Gasteiger partial charge is 0.243 e. The number of hydrogen-bond donors (Lipinski definition) is 1. The van der Waals surface area contributed by atoms with E-state index in [1.807, 2.05) is 6.26 Å². The number of nitrogens with one attached hydrogen (secondary N) is 1. The first-order valence-electron chi connectivity index (χ1n) is 8.90. The number of carbonyl (C=O) groups is 1. The topological polar surface area (TPSA) is 90.3 Å². The molecule has 1 aliphatic heterocycles. The van der Waals surface area contributed by atoms with Crippen LogP contribution in [0, 0.1) is 17.2 Å². The van der Waals surface area contributed by atoms with Crippen LogP contribution in [0.15, 0.2) is 58.3 Å². The van der Waals surface area contributed by atoms with Crippen molar-refractivity contribution in [3.8, 4) is 6.07 Å². The Morgan fingerprint density at radius 3 is 2.39 bits per heavy atom. The standard InChI is InChI=1S/C20H21N3O3S2/c1-27-17-6-8-18(9-7-17)28(25,26)23-12-10-15(11-13-23)20(24)22-19-5-3-2-4-16(19)14-21/h2-9,15H,10-13H2,1H3,(H,22,24). The van der Waals surface area contributed by atoms with Crippen molar-refractivity contribution >= 4 is 33.4 Å². The minimum Gasteiger partial charge on any atom is -0.325 e. The Morgan fingerprint density at radius 1 is 1.14 bits per heavy atom. The molecule has 0 bridgehead atoms. The molecule has 146 valence electrons. The predicted octanol–water partition coefficient (Wildman–Crippen LogP) is 3.32. The molecule has 2 aromatic rings.